The Morgan fingerprint density at radius 1 is 1.25 bits per heavy atom. The molecule has 4 nitrogen and oxygen atoms in total. The SMILES string of the molecule is CCSc1nc2ccccc2n1CN1CCOCC1.[Br-]. The van der Waals surface area contributed by atoms with Crippen molar-refractivity contribution in [2.24, 2.45) is 0 Å². The Balaban J connectivity index is 0.00000147. The molecular formula is C14H19BrN3OS-. The lowest BCUT2D eigenvalue weighted by Crippen LogP contribution is -3.00. The number of thioether (sulfide) groups is 1. The molecule has 2 heterocycles. The zero-order chi connectivity index (χ0) is 13.1. The van der Waals surface area contributed by atoms with Gasteiger partial charge in [-0.25, -0.2) is 4.98 Å². The Kier molecular flexibility index (Phi) is 5.89. The molecule has 1 aromatic heterocycles. The second-order valence-electron chi connectivity index (χ2n) is 4.62. The van der Waals surface area contributed by atoms with Gasteiger partial charge in [0.2, 0.25) is 0 Å². The number of halogens is 1. The summed E-state index contributed by atoms with van der Waals surface area (Å²) in [6, 6.07) is 8.38. The van der Waals surface area contributed by atoms with Crippen molar-refractivity contribution in [2.75, 3.05) is 32.1 Å². The van der Waals surface area contributed by atoms with Crippen LogP contribution in [0.4, 0.5) is 0 Å². The third kappa shape index (κ3) is 3.36. The Morgan fingerprint density at radius 3 is 2.75 bits per heavy atom. The lowest BCUT2D eigenvalue weighted by Gasteiger charge is -2.27. The largest absolute Gasteiger partial charge is 1.00 e. The number of rotatable bonds is 4. The van der Waals surface area contributed by atoms with E-state index in [1.54, 1.807) is 0 Å². The molecule has 1 aliphatic heterocycles. The van der Waals surface area contributed by atoms with Gasteiger partial charge in [0.25, 0.3) is 0 Å². The molecule has 110 valence electrons. The molecule has 0 unspecified atom stereocenters. The Bertz CT molecular complexity index is 554. The summed E-state index contributed by atoms with van der Waals surface area (Å²) < 4.78 is 7.74. The van der Waals surface area contributed by atoms with Crippen molar-refractivity contribution in [3.8, 4) is 0 Å². The van der Waals surface area contributed by atoms with Crippen molar-refractivity contribution in [1.82, 2.24) is 14.5 Å². The molecule has 0 spiro atoms. The molecule has 0 saturated carbocycles. The predicted octanol–water partition coefficient (Wildman–Crippen LogP) is -0.558. The minimum absolute atomic E-state index is 0. The van der Waals surface area contributed by atoms with Crippen LogP contribution in [-0.4, -0.2) is 46.5 Å². The zero-order valence-electron chi connectivity index (χ0n) is 11.6. The van der Waals surface area contributed by atoms with Crippen LogP contribution in [-0.2, 0) is 11.4 Å². The summed E-state index contributed by atoms with van der Waals surface area (Å²) in [5.41, 5.74) is 2.32. The van der Waals surface area contributed by atoms with Gasteiger partial charge in [-0.05, 0) is 17.9 Å². The number of imidazole rings is 1. The Labute approximate surface area is 134 Å². The second-order valence-corrected chi connectivity index (χ2v) is 5.85. The Morgan fingerprint density at radius 2 is 2.00 bits per heavy atom. The molecule has 1 fully saturated rings. The van der Waals surface area contributed by atoms with E-state index in [0.29, 0.717) is 0 Å². The molecule has 1 saturated heterocycles. The first-order valence-corrected chi connectivity index (χ1v) is 7.75. The summed E-state index contributed by atoms with van der Waals surface area (Å²) in [5, 5.41) is 1.12. The van der Waals surface area contributed by atoms with Gasteiger partial charge in [0.15, 0.2) is 5.16 Å². The maximum Gasteiger partial charge on any atom is 0.170 e. The average Bonchev–Trinajstić information content (AvgIpc) is 2.79. The van der Waals surface area contributed by atoms with Crippen LogP contribution in [0.25, 0.3) is 11.0 Å². The molecule has 1 aromatic carbocycles. The van der Waals surface area contributed by atoms with Crippen molar-refractivity contribution in [1.29, 1.82) is 0 Å². The number of benzene rings is 1. The van der Waals surface area contributed by atoms with E-state index in [9.17, 15) is 0 Å². The zero-order valence-corrected chi connectivity index (χ0v) is 14.0. The molecule has 20 heavy (non-hydrogen) atoms. The van der Waals surface area contributed by atoms with Gasteiger partial charge in [0, 0.05) is 13.1 Å². The summed E-state index contributed by atoms with van der Waals surface area (Å²) in [4.78, 5) is 7.16. The van der Waals surface area contributed by atoms with Crippen molar-refractivity contribution >= 4 is 22.8 Å². The topological polar surface area (TPSA) is 30.3 Å². The van der Waals surface area contributed by atoms with Gasteiger partial charge in [-0.1, -0.05) is 30.8 Å². The first-order valence-electron chi connectivity index (χ1n) is 6.76. The van der Waals surface area contributed by atoms with E-state index in [2.05, 4.69) is 40.7 Å². The molecular weight excluding hydrogens is 338 g/mol. The van der Waals surface area contributed by atoms with E-state index in [-0.39, 0.29) is 17.0 Å². The van der Waals surface area contributed by atoms with Crippen LogP contribution >= 0.6 is 11.8 Å². The number of aromatic nitrogens is 2. The van der Waals surface area contributed by atoms with Gasteiger partial charge in [-0.15, -0.1) is 0 Å². The maximum absolute atomic E-state index is 5.41. The van der Waals surface area contributed by atoms with Crippen LogP contribution in [0.2, 0.25) is 0 Å². The molecule has 0 bridgehead atoms. The maximum atomic E-state index is 5.41. The standard InChI is InChI=1S/C14H19N3OS.BrH/c1-2-19-14-15-12-5-3-4-6-13(12)17(14)11-16-7-9-18-10-8-16;/h3-6H,2,7-11H2,1H3;1H/p-1. The number of fused-ring (bicyclic) bond motifs is 1. The summed E-state index contributed by atoms with van der Waals surface area (Å²) >= 11 is 1.81. The van der Waals surface area contributed by atoms with Crippen molar-refractivity contribution < 1.29 is 21.7 Å². The minimum atomic E-state index is 0. The van der Waals surface area contributed by atoms with E-state index in [1.807, 2.05) is 11.8 Å². The highest BCUT2D eigenvalue weighted by Crippen LogP contribution is 2.24. The van der Waals surface area contributed by atoms with Gasteiger partial charge in [-0.3, -0.25) is 4.90 Å². The van der Waals surface area contributed by atoms with Crippen LogP contribution < -0.4 is 17.0 Å². The lowest BCUT2D eigenvalue weighted by atomic mass is 10.3. The van der Waals surface area contributed by atoms with E-state index < -0.39 is 0 Å². The highest BCUT2D eigenvalue weighted by molar-refractivity contribution is 7.99. The third-order valence-corrected chi connectivity index (χ3v) is 4.20. The molecule has 2 aromatic rings. The van der Waals surface area contributed by atoms with Gasteiger partial charge in [0.05, 0.1) is 30.9 Å². The number of para-hydroxylation sites is 2. The lowest BCUT2D eigenvalue weighted by molar-refractivity contribution is -0.00000628. The van der Waals surface area contributed by atoms with Gasteiger partial charge in [0.1, 0.15) is 0 Å². The number of ether oxygens (including phenoxy) is 1. The predicted molar refractivity (Wildman–Crippen MR) is 78.5 cm³/mol. The van der Waals surface area contributed by atoms with Crippen molar-refractivity contribution in [3.05, 3.63) is 24.3 Å². The van der Waals surface area contributed by atoms with Crippen LogP contribution in [0, 0.1) is 0 Å². The molecule has 6 heteroatoms. The highest BCUT2D eigenvalue weighted by Gasteiger charge is 2.15. The fraction of sp³-hybridized carbons (Fsp3) is 0.500. The number of morpholine rings is 1. The van der Waals surface area contributed by atoms with Crippen LogP contribution in [0.1, 0.15) is 6.92 Å². The quantitative estimate of drug-likeness (QED) is 0.687. The number of nitrogens with zero attached hydrogens (tertiary/aromatic N) is 3. The molecule has 0 N–H and O–H groups in total. The Hall–Kier alpha value is -0.560. The summed E-state index contributed by atoms with van der Waals surface area (Å²) in [5.74, 6) is 1.05. The smallest absolute Gasteiger partial charge is 0.170 e. The molecule has 3 rings (SSSR count). The molecule has 0 amide bonds. The van der Waals surface area contributed by atoms with Crippen molar-refractivity contribution in [3.63, 3.8) is 0 Å². The molecule has 0 atom stereocenters. The van der Waals surface area contributed by atoms with E-state index in [1.165, 1.54) is 5.52 Å². The van der Waals surface area contributed by atoms with Crippen LogP contribution in [0.3, 0.4) is 0 Å². The molecule has 1 aliphatic rings. The molecule has 0 radical (unpaired) electrons. The normalized spacial score (nSPS) is 16.2. The second kappa shape index (κ2) is 7.45. The minimum Gasteiger partial charge on any atom is -1.00 e. The van der Waals surface area contributed by atoms with Gasteiger partial charge >= 0.3 is 0 Å². The summed E-state index contributed by atoms with van der Waals surface area (Å²) in [7, 11) is 0. The molecule has 0 aliphatic carbocycles. The summed E-state index contributed by atoms with van der Waals surface area (Å²) in [6.07, 6.45) is 0. The van der Waals surface area contributed by atoms with Crippen LogP contribution in [0.15, 0.2) is 29.4 Å². The van der Waals surface area contributed by atoms with E-state index in [0.717, 1.165) is 49.4 Å². The first-order chi connectivity index (χ1) is 9.38. The monoisotopic (exact) mass is 356 g/mol. The highest BCUT2D eigenvalue weighted by atomic mass is 79.9. The fourth-order valence-corrected chi connectivity index (χ4v) is 3.10. The number of hydrogen-bond donors (Lipinski definition) is 0. The number of hydrogen-bond acceptors (Lipinski definition) is 4. The third-order valence-electron chi connectivity index (χ3n) is 3.34. The van der Waals surface area contributed by atoms with Crippen LogP contribution in [0.5, 0.6) is 0 Å². The summed E-state index contributed by atoms with van der Waals surface area (Å²) in [6.45, 7) is 6.76. The van der Waals surface area contributed by atoms with Gasteiger partial charge < -0.3 is 26.3 Å². The average molecular weight is 357 g/mol. The van der Waals surface area contributed by atoms with E-state index in [4.69, 9.17) is 9.72 Å². The first kappa shape index (κ1) is 15.8. The van der Waals surface area contributed by atoms with Crippen molar-refractivity contribution in [2.45, 2.75) is 18.7 Å². The van der Waals surface area contributed by atoms with E-state index >= 15 is 0 Å². The fourth-order valence-electron chi connectivity index (χ4n) is 2.37. The van der Waals surface area contributed by atoms with Gasteiger partial charge in [-0.2, -0.15) is 0 Å².